The summed E-state index contributed by atoms with van der Waals surface area (Å²) in [5.41, 5.74) is -0.991. The minimum Gasteiger partial charge on any atom is -0.392 e. The van der Waals surface area contributed by atoms with E-state index in [1.165, 1.54) is 18.9 Å². The lowest BCUT2D eigenvalue weighted by molar-refractivity contribution is -0.141. The van der Waals surface area contributed by atoms with Gasteiger partial charge in [-0.2, -0.15) is 13.2 Å². The molecule has 1 N–H and O–H groups in total. The number of likely N-dealkylation sites (N-methyl/N-ethyl adjacent to an activating group) is 1. The van der Waals surface area contributed by atoms with Gasteiger partial charge in [-0.1, -0.05) is 0 Å². The van der Waals surface area contributed by atoms with Gasteiger partial charge < -0.3 is 10.0 Å². The number of aromatic nitrogens is 2. The highest BCUT2D eigenvalue weighted by Gasteiger charge is 2.33. The van der Waals surface area contributed by atoms with E-state index in [1.54, 1.807) is 0 Å². The Morgan fingerprint density at radius 1 is 1.50 bits per heavy atom. The highest BCUT2D eigenvalue weighted by atomic mass is 19.4. The van der Waals surface area contributed by atoms with E-state index in [4.69, 9.17) is 5.11 Å². The Balaban J connectivity index is 2.90. The maximum atomic E-state index is 12.3. The number of halogens is 3. The summed E-state index contributed by atoms with van der Waals surface area (Å²) in [4.78, 5) is 8.45. The van der Waals surface area contributed by atoms with Gasteiger partial charge in [0.1, 0.15) is 5.69 Å². The molecule has 0 radical (unpaired) electrons. The van der Waals surface area contributed by atoms with Crippen molar-refractivity contribution in [1.82, 2.24) is 9.97 Å². The second kappa shape index (κ2) is 4.65. The van der Waals surface area contributed by atoms with E-state index in [-0.39, 0.29) is 12.5 Å². The Morgan fingerprint density at radius 2 is 2.12 bits per heavy atom. The zero-order valence-electron chi connectivity index (χ0n) is 8.86. The first kappa shape index (κ1) is 12.7. The van der Waals surface area contributed by atoms with Crippen molar-refractivity contribution in [3.8, 4) is 0 Å². The first-order valence-corrected chi connectivity index (χ1v) is 4.60. The minimum absolute atomic E-state index is 0.0595. The van der Waals surface area contributed by atoms with E-state index in [2.05, 4.69) is 9.97 Å². The average molecular weight is 235 g/mol. The Hall–Kier alpha value is -1.37. The van der Waals surface area contributed by atoms with Crippen molar-refractivity contribution < 1.29 is 18.3 Å². The number of anilines is 1. The predicted octanol–water partition coefficient (Wildman–Crippen LogP) is 1.31. The molecule has 0 aliphatic carbocycles. The predicted molar refractivity (Wildman–Crippen MR) is 52.0 cm³/mol. The number of nitrogens with zero attached hydrogens (tertiary/aromatic N) is 3. The highest BCUT2D eigenvalue weighted by Crippen LogP contribution is 2.27. The molecule has 16 heavy (non-hydrogen) atoms. The molecule has 1 rings (SSSR count). The molecule has 0 spiro atoms. The summed E-state index contributed by atoms with van der Waals surface area (Å²) in [6, 6.07) is 0.805. The van der Waals surface area contributed by atoms with Crippen molar-refractivity contribution in [1.29, 1.82) is 0 Å². The molecule has 90 valence electrons. The molecule has 1 aromatic heterocycles. The first-order chi connectivity index (χ1) is 7.30. The van der Waals surface area contributed by atoms with Crippen molar-refractivity contribution >= 4 is 5.95 Å². The van der Waals surface area contributed by atoms with Crippen LogP contribution < -0.4 is 4.90 Å². The van der Waals surface area contributed by atoms with Gasteiger partial charge in [0.15, 0.2) is 0 Å². The van der Waals surface area contributed by atoms with E-state index in [9.17, 15) is 13.2 Å². The molecular formula is C9H12F3N3O. The lowest BCUT2D eigenvalue weighted by Gasteiger charge is -2.19. The molecule has 1 aromatic rings. The van der Waals surface area contributed by atoms with Gasteiger partial charge in [0, 0.05) is 19.8 Å². The van der Waals surface area contributed by atoms with Crippen LogP contribution in [0.15, 0.2) is 12.3 Å². The van der Waals surface area contributed by atoms with Gasteiger partial charge >= 0.3 is 6.18 Å². The molecule has 0 amide bonds. The van der Waals surface area contributed by atoms with Crippen molar-refractivity contribution in [2.45, 2.75) is 19.2 Å². The van der Waals surface area contributed by atoms with Crippen LogP contribution in [0.4, 0.5) is 19.1 Å². The summed E-state index contributed by atoms with van der Waals surface area (Å²) in [5, 5.41) is 9.09. The fraction of sp³-hybridized carbons (Fsp3) is 0.556. The Kier molecular flexibility index (Phi) is 3.69. The summed E-state index contributed by atoms with van der Waals surface area (Å²) < 4.78 is 37.0. The fourth-order valence-corrected chi connectivity index (χ4v) is 1.17. The van der Waals surface area contributed by atoms with Crippen molar-refractivity contribution in [3.63, 3.8) is 0 Å². The molecule has 7 heteroatoms. The van der Waals surface area contributed by atoms with Gasteiger partial charge in [-0.05, 0) is 13.0 Å². The van der Waals surface area contributed by atoms with Crippen LogP contribution in [0.3, 0.4) is 0 Å². The molecule has 0 aromatic carbocycles. The van der Waals surface area contributed by atoms with E-state index in [0.29, 0.717) is 0 Å². The topological polar surface area (TPSA) is 49.2 Å². The van der Waals surface area contributed by atoms with Crippen molar-refractivity contribution in [3.05, 3.63) is 18.0 Å². The standard InChI is InChI=1S/C9H12F3N3O/c1-6(16)5-15(2)8-13-4-3-7(14-8)9(10,11)12/h3-4,6,16H,5H2,1-2H3. The zero-order chi connectivity index (χ0) is 12.3. The zero-order valence-corrected chi connectivity index (χ0v) is 8.86. The van der Waals surface area contributed by atoms with Crippen LogP contribution in [-0.2, 0) is 6.18 Å². The quantitative estimate of drug-likeness (QED) is 0.858. The molecule has 4 nitrogen and oxygen atoms in total. The molecule has 1 heterocycles. The first-order valence-electron chi connectivity index (χ1n) is 4.60. The summed E-state index contributed by atoms with van der Waals surface area (Å²) >= 11 is 0. The Labute approximate surface area is 90.7 Å². The van der Waals surface area contributed by atoms with Gasteiger partial charge in [-0.25, -0.2) is 9.97 Å². The largest absolute Gasteiger partial charge is 0.433 e. The number of aliphatic hydroxyl groups is 1. The minimum atomic E-state index is -4.48. The van der Waals surface area contributed by atoms with E-state index < -0.39 is 18.0 Å². The average Bonchev–Trinajstić information content (AvgIpc) is 2.15. The molecule has 0 saturated carbocycles. The van der Waals surface area contributed by atoms with Crippen LogP contribution in [0, 0.1) is 0 Å². The monoisotopic (exact) mass is 235 g/mol. The summed E-state index contributed by atoms with van der Waals surface area (Å²) in [5.74, 6) is -0.0595. The van der Waals surface area contributed by atoms with Crippen molar-refractivity contribution in [2.75, 3.05) is 18.5 Å². The lowest BCUT2D eigenvalue weighted by atomic mass is 10.4. The molecule has 0 bridgehead atoms. The lowest BCUT2D eigenvalue weighted by Crippen LogP contribution is -2.29. The molecule has 0 aliphatic heterocycles. The summed E-state index contributed by atoms with van der Waals surface area (Å²) in [7, 11) is 1.52. The number of hydrogen-bond donors (Lipinski definition) is 1. The van der Waals surface area contributed by atoms with E-state index >= 15 is 0 Å². The third kappa shape index (κ3) is 3.34. The summed E-state index contributed by atoms with van der Waals surface area (Å²) in [6.07, 6.45) is -4.10. The van der Waals surface area contributed by atoms with Crippen LogP contribution in [0.1, 0.15) is 12.6 Å². The van der Waals surface area contributed by atoms with Gasteiger partial charge in [0.25, 0.3) is 0 Å². The van der Waals surface area contributed by atoms with Gasteiger partial charge in [0.2, 0.25) is 5.95 Å². The number of hydrogen-bond acceptors (Lipinski definition) is 4. The number of alkyl halides is 3. The smallest absolute Gasteiger partial charge is 0.392 e. The Bertz CT molecular complexity index is 354. The second-order valence-corrected chi connectivity index (χ2v) is 3.47. The van der Waals surface area contributed by atoms with Crippen LogP contribution in [0.2, 0.25) is 0 Å². The van der Waals surface area contributed by atoms with Crippen LogP contribution >= 0.6 is 0 Å². The second-order valence-electron chi connectivity index (χ2n) is 3.47. The maximum Gasteiger partial charge on any atom is 0.433 e. The SMILES string of the molecule is CC(O)CN(C)c1nccc(C(F)(F)F)n1. The van der Waals surface area contributed by atoms with E-state index in [1.807, 2.05) is 0 Å². The van der Waals surface area contributed by atoms with E-state index in [0.717, 1.165) is 12.3 Å². The summed E-state index contributed by atoms with van der Waals surface area (Å²) in [6.45, 7) is 1.70. The molecule has 0 fully saturated rings. The molecule has 1 unspecified atom stereocenters. The molecule has 0 aliphatic rings. The van der Waals surface area contributed by atoms with Crippen LogP contribution in [0.5, 0.6) is 0 Å². The molecule has 0 saturated heterocycles. The normalized spacial score (nSPS) is 13.6. The Morgan fingerprint density at radius 3 is 2.62 bits per heavy atom. The third-order valence-electron chi connectivity index (χ3n) is 1.81. The van der Waals surface area contributed by atoms with Gasteiger partial charge in [-0.15, -0.1) is 0 Å². The number of rotatable bonds is 3. The third-order valence-corrected chi connectivity index (χ3v) is 1.81. The highest BCUT2D eigenvalue weighted by molar-refractivity contribution is 5.29. The van der Waals surface area contributed by atoms with Gasteiger partial charge in [0.05, 0.1) is 6.10 Å². The van der Waals surface area contributed by atoms with Crippen LogP contribution in [0.25, 0.3) is 0 Å². The van der Waals surface area contributed by atoms with Crippen molar-refractivity contribution in [2.24, 2.45) is 0 Å². The molecule has 1 atom stereocenters. The molecular weight excluding hydrogens is 223 g/mol. The van der Waals surface area contributed by atoms with Gasteiger partial charge in [-0.3, -0.25) is 0 Å². The number of aliphatic hydroxyl groups excluding tert-OH is 1. The fourth-order valence-electron chi connectivity index (χ4n) is 1.17. The van der Waals surface area contributed by atoms with Crippen LogP contribution in [-0.4, -0.2) is 34.8 Å². The maximum absolute atomic E-state index is 12.3.